The molecule has 0 aromatic rings. The lowest BCUT2D eigenvalue weighted by atomic mass is 10.8. The van der Waals surface area contributed by atoms with Crippen molar-refractivity contribution in [3.63, 3.8) is 0 Å². The monoisotopic (exact) mass is 136 g/mol. The van der Waals surface area contributed by atoms with Crippen molar-refractivity contribution in [3.8, 4) is 0 Å². The molecular weight excluding hydrogens is 120 g/mol. The average Bonchev–Trinajstić information content (AvgIpc) is 1.86. The van der Waals surface area contributed by atoms with E-state index in [9.17, 15) is 0 Å². The van der Waals surface area contributed by atoms with Crippen LogP contribution in [-0.4, -0.2) is 34.5 Å². The summed E-state index contributed by atoms with van der Waals surface area (Å²) >= 11 is 0. The van der Waals surface area contributed by atoms with Gasteiger partial charge in [-0.3, -0.25) is 11.3 Å². The fraction of sp³-hybridized carbons (Fsp3) is 1.00. The molecule has 0 aromatic carbocycles. The highest BCUT2D eigenvalue weighted by Gasteiger charge is 1.73. The Bertz CT molecular complexity index is 32.1. The lowest BCUT2D eigenvalue weighted by Crippen LogP contribution is -2.13. The van der Waals surface area contributed by atoms with Gasteiger partial charge in [-0.25, -0.2) is 0 Å². The van der Waals surface area contributed by atoms with Crippen LogP contribution in [-0.2, 0) is 9.47 Å². The molecule has 58 valence electrons. The van der Waals surface area contributed by atoms with Crippen LogP contribution < -0.4 is 11.3 Å². The summed E-state index contributed by atoms with van der Waals surface area (Å²) in [6, 6.07) is 0. The van der Waals surface area contributed by atoms with Crippen LogP contribution >= 0.6 is 0 Å². The second-order valence-electron chi connectivity index (χ2n) is 1.27. The zero-order valence-electron chi connectivity index (χ0n) is 6.31. The fourth-order valence-corrected chi connectivity index (χ4v) is 0.167. The SMILES string of the molecule is CNN.COCCOC. The molecule has 0 atom stereocenters. The van der Waals surface area contributed by atoms with Crippen LogP contribution in [0, 0.1) is 0 Å². The zero-order chi connectivity index (χ0) is 7.54. The van der Waals surface area contributed by atoms with Gasteiger partial charge in [-0.05, 0) is 7.05 Å². The Morgan fingerprint density at radius 2 is 1.44 bits per heavy atom. The van der Waals surface area contributed by atoms with E-state index in [4.69, 9.17) is 0 Å². The van der Waals surface area contributed by atoms with Crippen molar-refractivity contribution < 1.29 is 9.47 Å². The van der Waals surface area contributed by atoms with Crippen LogP contribution in [0.25, 0.3) is 0 Å². The molecule has 0 unspecified atom stereocenters. The van der Waals surface area contributed by atoms with E-state index in [-0.39, 0.29) is 0 Å². The van der Waals surface area contributed by atoms with Crippen LogP contribution in [0.4, 0.5) is 0 Å². The minimum Gasteiger partial charge on any atom is -0.382 e. The minimum absolute atomic E-state index is 0.691. The van der Waals surface area contributed by atoms with E-state index in [1.807, 2.05) is 0 Å². The molecule has 0 aliphatic carbocycles. The summed E-state index contributed by atoms with van der Waals surface area (Å²) in [6.07, 6.45) is 0. The van der Waals surface area contributed by atoms with Crippen molar-refractivity contribution in [1.29, 1.82) is 0 Å². The van der Waals surface area contributed by atoms with Crippen molar-refractivity contribution in [1.82, 2.24) is 5.43 Å². The Morgan fingerprint density at radius 1 is 1.22 bits per heavy atom. The van der Waals surface area contributed by atoms with E-state index in [2.05, 4.69) is 20.7 Å². The van der Waals surface area contributed by atoms with Crippen molar-refractivity contribution in [2.45, 2.75) is 0 Å². The number of ether oxygens (including phenoxy) is 2. The molecular formula is C5H16N2O2. The molecule has 0 aromatic heterocycles. The number of nitrogens with two attached hydrogens (primary N) is 1. The third-order valence-corrected chi connectivity index (χ3v) is 0.492. The highest BCUT2D eigenvalue weighted by atomic mass is 16.5. The molecule has 0 bridgehead atoms. The molecule has 0 aliphatic rings. The molecule has 0 amide bonds. The Kier molecular flexibility index (Phi) is 20.2. The number of hydrogen-bond acceptors (Lipinski definition) is 4. The molecule has 0 radical (unpaired) electrons. The van der Waals surface area contributed by atoms with Gasteiger partial charge >= 0.3 is 0 Å². The molecule has 4 heteroatoms. The number of rotatable bonds is 3. The Labute approximate surface area is 56.3 Å². The predicted octanol–water partition coefficient (Wildman–Crippen LogP) is -0.641. The van der Waals surface area contributed by atoms with E-state index in [0.717, 1.165) is 0 Å². The lowest BCUT2D eigenvalue weighted by Gasteiger charge is -1.91. The summed E-state index contributed by atoms with van der Waals surface area (Å²) in [4.78, 5) is 0. The summed E-state index contributed by atoms with van der Waals surface area (Å²) in [5.74, 6) is 4.60. The van der Waals surface area contributed by atoms with Gasteiger partial charge in [0.15, 0.2) is 0 Å². The van der Waals surface area contributed by atoms with Gasteiger partial charge in [0, 0.05) is 14.2 Å². The number of hydrogen-bond donors (Lipinski definition) is 2. The average molecular weight is 136 g/mol. The van der Waals surface area contributed by atoms with Crippen molar-refractivity contribution in [3.05, 3.63) is 0 Å². The van der Waals surface area contributed by atoms with Gasteiger partial charge in [0.25, 0.3) is 0 Å². The van der Waals surface area contributed by atoms with Crippen LogP contribution in [0.1, 0.15) is 0 Å². The van der Waals surface area contributed by atoms with E-state index >= 15 is 0 Å². The summed E-state index contributed by atoms with van der Waals surface area (Å²) in [7, 11) is 4.96. The fourth-order valence-electron chi connectivity index (χ4n) is 0.167. The largest absolute Gasteiger partial charge is 0.382 e. The highest BCUT2D eigenvalue weighted by Crippen LogP contribution is 1.65. The molecule has 0 aliphatic heterocycles. The summed E-state index contributed by atoms with van der Waals surface area (Å²) in [5, 5.41) is 0. The number of methoxy groups -OCH3 is 2. The molecule has 0 saturated heterocycles. The lowest BCUT2D eigenvalue weighted by molar-refractivity contribution is 0.103. The Hall–Kier alpha value is -0.160. The van der Waals surface area contributed by atoms with Gasteiger partial charge in [-0.15, -0.1) is 0 Å². The van der Waals surface area contributed by atoms with Gasteiger partial charge in [0.05, 0.1) is 13.2 Å². The summed E-state index contributed by atoms with van der Waals surface area (Å²) in [5.41, 5.74) is 2.25. The number of hydrazine groups is 1. The van der Waals surface area contributed by atoms with E-state index in [0.29, 0.717) is 13.2 Å². The van der Waals surface area contributed by atoms with Crippen LogP contribution in [0.2, 0.25) is 0 Å². The zero-order valence-corrected chi connectivity index (χ0v) is 6.31. The maximum absolute atomic E-state index is 4.66. The van der Waals surface area contributed by atoms with Gasteiger partial charge in [-0.2, -0.15) is 0 Å². The van der Waals surface area contributed by atoms with Crippen LogP contribution in [0.15, 0.2) is 0 Å². The molecule has 0 rings (SSSR count). The Morgan fingerprint density at radius 3 is 1.56 bits per heavy atom. The highest BCUT2D eigenvalue weighted by molar-refractivity contribution is 4.17. The third kappa shape index (κ3) is 33.2. The standard InChI is InChI=1S/C4H10O2.CH6N2/c1-5-3-4-6-2;1-3-2/h3-4H2,1-2H3;3H,2H2,1H3. The van der Waals surface area contributed by atoms with Gasteiger partial charge in [0.2, 0.25) is 0 Å². The second kappa shape index (κ2) is 15.7. The van der Waals surface area contributed by atoms with Gasteiger partial charge < -0.3 is 9.47 Å². The van der Waals surface area contributed by atoms with Gasteiger partial charge in [-0.1, -0.05) is 0 Å². The van der Waals surface area contributed by atoms with Gasteiger partial charge in [0.1, 0.15) is 0 Å². The minimum atomic E-state index is 0.691. The van der Waals surface area contributed by atoms with E-state index in [1.54, 1.807) is 21.3 Å². The number of nitrogens with one attached hydrogen (secondary N) is 1. The molecule has 3 N–H and O–H groups in total. The first-order valence-corrected chi connectivity index (χ1v) is 2.68. The normalized spacial score (nSPS) is 8.00. The van der Waals surface area contributed by atoms with Crippen molar-refractivity contribution >= 4 is 0 Å². The van der Waals surface area contributed by atoms with E-state index < -0.39 is 0 Å². The maximum Gasteiger partial charge on any atom is 0.0696 e. The van der Waals surface area contributed by atoms with Crippen LogP contribution in [0.3, 0.4) is 0 Å². The molecule has 4 nitrogen and oxygen atoms in total. The molecule has 0 saturated carbocycles. The first-order chi connectivity index (χ1) is 4.33. The second-order valence-corrected chi connectivity index (χ2v) is 1.27. The summed E-state index contributed by atoms with van der Waals surface area (Å²) < 4.78 is 9.31. The molecule has 9 heavy (non-hydrogen) atoms. The first kappa shape index (κ1) is 11.6. The molecule has 0 heterocycles. The van der Waals surface area contributed by atoms with Crippen molar-refractivity contribution in [2.75, 3.05) is 34.5 Å². The summed E-state index contributed by atoms with van der Waals surface area (Å²) in [6.45, 7) is 1.38. The third-order valence-electron chi connectivity index (χ3n) is 0.492. The topological polar surface area (TPSA) is 56.5 Å². The Balaban J connectivity index is 0. The smallest absolute Gasteiger partial charge is 0.0696 e. The molecule has 0 fully saturated rings. The molecule has 0 spiro atoms. The predicted molar refractivity (Wildman–Crippen MR) is 37.0 cm³/mol. The van der Waals surface area contributed by atoms with Crippen molar-refractivity contribution in [2.24, 2.45) is 5.84 Å². The first-order valence-electron chi connectivity index (χ1n) is 2.68. The quantitative estimate of drug-likeness (QED) is 0.308. The maximum atomic E-state index is 4.66. The van der Waals surface area contributed by atoms with Crippen LogP contribution in [0.5, 0.6) is 0 Å². The van der Waals surface area contributed by atoms with E-state index in [1.165, 1.54) is 0 Å².